The molecule has 0 aliphatic heterocycles. The summed E-state index contributed by atoms with van der Waals surface area (Å²) in [5, 5.41) is 0. The highest BCUT2D eigenvalue weighted by Gasteiger charge is 1.95. The smallest absolute Gasteiger partial charge is 0.0220 e. The lowest BCUT2D eigenvalue weighted by molar-refractivity contribution is 0.919. The number of rotatable bonds is 3. The summed E-state index contributed by atoms with van der Waals surface area (Å²) in [5.74, 6) is 0. The number of hydrogen-bond acceptors (Lipinski definition) is 0. The van der Waals surface area contributed by atoms with Crippen molar-refractivity contribution in [2.45, 2.75) is 19.8 Å². The molecular formula is C11H13I. The number of aryl methyl sites for hydroxylation is 1. The largest absolute Gasteiger partial charge is 0.0651 e. The van der Waals surface area contributed by atoms with E-state index in [2.05, 4.69) is 63.9 Å². The van der Waals surface area contributed by atoms with Crippen molar-refractivity contribution in [3.63, 3.8) is 0 Å². The van der Waals surface area contributed by atoms with Gasteiger partial charge in [-0.25, -0.2) is 0 Å². The van der Waals surface area contributed by atoms with E-state index in [0.717, 1.165) is 0 Å². The Bertz CT molecular complexity index is 263. The molecule has 0 heterocycles. The van der Waals surface area contributed by atoms with Crippen LogP contribution < -0.4 is 0 Å². The normalized spacial score (nSPS) is 10.8. The summed E-state index contributed by atoms with van der Waals surface area (Å²) in [7, 11) is 0. The van der Waals surface area contributed by atoms with Crippen LogP contribution in [0.1, 0.15) is 24.5 Å². The minimum atomic E-state index is 1.18. The highest BCUT2D eigenvalue weighted by Crippen LogP contribution is 2.13. The molecule has 0 aliphatic carbocycles. The topological polar surface area (TPSA) is 0 Å². The fraction of sp³-hybridized carbons (Fsp3) is 0.273. The van der Waals surface area contributed by atoms with Crippen LogP contribution in [0.2, 0.25) is 0 Å². The van der Waals surface area contributed by atoms with Crippen molar-refractivity contribution < 1.29 is 0 Å². The minimum absolute atomic E-state index is 1.18. The zero-order valence-corrected chi connectivity index (χ0v) is 9.41. The summed E-state index contributed by atoms with van der Waals surface area (Å²) in [6.45, 7) is 2.21. The molecule has 0 aliphatic rings. The van der Waals surface area contributed by atoms with Crippen LogP contribution in [0.25, 0.3) is 6.08 Å². The number of halogens is 1. The number of hydrogen-bond donors (Lipinski definition) is 0. The Morgan fingerprint density at radius 3 is 2.75 bits per heavy atom. The Balaban J connectivity index is 2.91. The maximum atomic E-state index is 2.26. The van der Waals surface area contributed by atoms with Gasteiger partial charge in [0.15, 0.2) is 0 Å². The fourth-order valence-electron chi connectivity index (χ4n) is 1.26. The van der Waals surface area contributed by atoms with Gasteiger partial charge >= 0.3 is 0 Å². The van der Waals surface area contributed by atoms with Gasteiger partial charge in [-0.2, -0.15) is 0 Å². The van der Waals surface area contributed by atoms with E-state index >= 15 is 0 Å². The summed E-state index contributed by atoms with van der Waals surface area (Å²) in [4.78, 5) is 0. The van der Waals surface area contributed by atoms with Crippen LogP contribution in [0.5, 0.6) is 0 Å². The van der Waals surface area contributed by atoms with E-state index in [-0.39, 0.29) is 0 Å². The molecule has 0 fully saturated rings. The molecule has 0 aromatic heterocycles. The Morgan fingerprint density at radius 1 is 1.33 bits per heavy atom. The van der Waals surface area contributed by atoms with Gasteiger partial charge in [-0.15, -0.1) is 0 Å². The van der Waals surface area contributed by atoms with Crippen LogP contribution in [0.15, 0.2) is 28.3 Å². The van der Waals surface area contributed by atoms with Crippen LogP contribution in [0.4, 0.5) is 0 Å². The van der Waals surface area contributed by atoms with Crippen LogP contribution >= 0.6 is 22.6 Å². The molecule has 1 heteroatoms. The second kappa shape index (κ2) is 5.36. The fourth-order valence-corrected chi connectivity index (χ4v) is 1.65. The first-order valence-corrected chi connectivity index (χ1v) is 5.47. The van der Waals surface area contributed by atoms with Gasteiger partial charge in [0.1, 0.15) is 0 Å². The van der Waals surface area contributed by atoms with Gasteiger partial charge in [0, 0.05) is 0 Å². The van der Waals surface area contributed by atoms with Crippen molar-refractivity contribution in [2.75, 3.05) is 0 Å². The molecule has 0 N–H and O–H groups in total. The van der Waals surface area contributed by atoms with Crippen molar-refractivity contribution in [1.82, 2.24) is 0 Å². The van der Waals surface area contributed by atoms with Crippen molar-refractivity contribution in [2.24, 2.45) is 0 Å². The molecule has 1 aromatic rings. The molecule has 1 aromatic carbocycles. The van der Waals surface area contributed by atoms with Gasteiger partial charge in [0.2, 0.25) is 0 Å². The van der Waals surface area contributed by atoms with Gasteiger partial charge in [0.05, 0.1) is 0 Å². The van der Waals surface area contributed by atoms with E-state index in [1.165, 1.54) is 24.0 Å². The highest BCUT2D eigenvalue weighted by molar-refractivity contribution is 14.1. The van der Waals surface area contributed by atoms with E-state index in [0.29, 0.717) is 0 Å². The zero-order valence-electron chi connectivity index (χ0n) is 7.26. The zero-order chi connectivity index (χ0) is 8.81. The van der Waals surface area contributed by atoms with E-state index in [1.54, 1.807) is 0 Å². The predicted octanol–water partition coefficient (Wildman–Crippen LogP) is 4.04. The Kier molecular flexibility index (Phi) is 4.36. The molecule has 0 amide bonds. The molecule has 0 nitrogen and oxygen atoms in total. The molecule has 0 spiro atoms. The quantitative estimate of drug-likeness (QED) is 0.728. The molecule has 0 saturated carbocycles. The van der Waals surface area contributed by atoms with Crippen LogP contribution in [-0.4, -0.2) is 0 Å². The second-order valence-corrected chi connectivity index (χ2v) is 3.46. The summed E-state index contributed by atoms with van der Waals surface area (Å²) in [5.41, 5.74) is 2.81. The van der Waals surface area contributed by atoms with E-state index in [1.807, 2.05) is 0 Å². The van der Waals surface area contributed by atoms with E-state index < -0.39 is 0 Å². The lowest BCUT2D eigenvalue weighted by atomic mass is 10.0. The Hall–Kier alpha value is -0.310. The van der Waals surface area contributed by atoms with Crippen molar-refractivity contribution in [1.29, 1.82) is 0 Å². The summed E-state index contributed by atoms with van der Waals surface area (Å²) < 4.78 is 2.06. The first-order valence-electron chi connectivity index (χ1n) is 4.23. The van der Waals surface area contributed by atoms with Crippen LogP contribution in [0.3, 0.4) is 0 Å². The van der Waals surface area contributed by atoms with Gasteiger partial charge in [-0.1, -0.05) is 60.2 Å². The summed E-state index contributed by atoms with van der Waals surface area (Å²) in [6.07, 6.45) is 4.55. The monoisotopic (exact) mass is 272 g/mol. The highest BCUT2D eigenvalue weighted by atomic mass is 127. The molecule has 0 saturated heterocycles. The van der Waals surface area contributed by atoms with Crippen LogP contribution in [0, 0.1) is 0 Å². The lowest BCUT2D eigenvalue weighted by Crippen LogP contribution is -1.86. The first kappa shape index (κ1) is 9.78. The average Bonchev–Trinajstić information content (AvgIpc) is 2.09. The molecular weight excluding hydrogens is 259 g/mol. The lowest BCUT2D eigenvalue weighted by Gasteiger charge is -2.02. The molecule has 0 atom stereocenters. The van der Waals surface area contributed by atoms with Crippen LogP contribution in [-0.2, 0) is 6.42 Å². The summed E-state index contributed by atoms with van der Waals surface area (Å²) in [6, 6.07) is 8.57. The first-order chi connectivity index (χ1) is 5.88. The van der Waals surface area contributed by atoms with E-state index in [9.17, 15) is 0 Å². The maximum absolute atomic E-state index is 2.26. The van der Waals surface area contributed by atoms with Gasteiger partial charge in [-0.05, 0) is 27.7 Å². The molecule has 64 valence electrons. The molecule has 0 radical (unpaired) electrons. The van der Waals surface area contributed by atoms with Gasteiger partial charge < -0.3 is 0 Å². The summed E-state index contributed by atoms with van der Waals surface area (Å²) >= 11 is 2.26. The molecule has 1 rings (SSSR count). The SMILES string of the molecule is CCCc1ccccc1/C=C/I. The van der Waals surface area contributed by atoms with Gasteiger partial charge in [0.25, 0.3) is 0 Å². The Labute approximate surface area is 87.8 Å². The average molecular weight is 272 g/mol. The van der Waals surface area contributed by atoms with Crippen molar-refractivity contribution >= 4 is 28.7 Å². The van der Waals surface area contributed by atoms with Crippen molar-refractivity contribution in [3.8, 4) is 0 Å². The molecule has 0 unspecified atom stereocenters. The standard InChI is InChI=1S/C11H13I/c1-2-5-10-6-3-4-7-11(10)8-9-12/h3-4,6-9H,2,5H2,1H3/b9-8+. The Morgan fingerprint density at radius 2 is 2.08 bits per heavy atom. The minimum Gasteiger partial charge on any atom is -0.0651 e. The third-order valence-electron chi connectivity index (χ3n) is 1.82. The maximum Gasteiger partial charge on any atom is -0.0220 e. The van der Waals surface area contributed by atoms with Crippen molar-refractivity contribution in [3.05, 3.63) is 39.5 Å². The van der Waals surface area contributed by atoms with Gasteiger partial charge in [-0.3, -0.25) is 0 Å². The third-order valence-corrected chi connectivity index (χ3v) is 2.18. The predicted molar refractivity (Wildman–Crippen MR) is 63.5 cm³/mol. The number of benzene rings is 1. The second-order valence-electron chi connectivity index (χ2n) is 2.74. The molecule has 12 heavy (non-hydrogen) atoms. The van der Waals surface area contributed by atoms with E-state index in [4.69, 9.17) is 0 Å². The third kappa shape index (κ3) is 2.63. The molecule has 0 bridgehead atoms.